The average molecular weight is 850 g/mol. The van der Waals surface area contributed by atoms with Gasteiger partial charge in [0.1, 0.15) is 23.9 Å². The molecule has 0 saturated heterocycles. The van der Waals surface area contributed by atoms with Crippen LogP contribution in [-0.2, 0) is 33.5 Å². The molecule has 19 atom stereocenters. The number of ether oxygens (including phenoxy) is 1. The number of hydrogen-bond donors (Lipinski definition) is 4. The van der Waals surface area contributed by atoms with Gasteiger partial charge in [-0.25, -0.2) is 4.79 Å². The zero-order valence-electron chi connectivity index (χ0n) is 37.8. The third-order valence-corrected chi connectivity index (χ3v) is 20.7. The molecule has 0 bridgehead atoms. The summed E-state index contributed by atoms with van der Waals surface area (Å²) in [4.78, 5) is 78.7. The molecule has 1 amide bonds. The highest BCUT2D eigenvalue weighted by molar-refractivity contribution is 5.93. The second-order valence-electron chi connectivity index (χ2n) is 23.1. The molecule has 0 radical (unpaired) electrons. The van der Waals surface area contributed by atoms with Crippen LogP contribution in [0.25, 0.3) is 0 Å². The van der Waals surface area contributed by atoms with Crippen molar-refractivity contribution in [2.75, 3.05) is 6.54 Å². The van der Waals surface area contributed by atoms with Crippen LogP contribution < -0.4 is 5.32 Å². The summed E-state index contributed by atoms with van der Waals surface area (Å²) >= 11 is 0. The summed E-state index contributed by atoms with van der Waals surface area (Å²) in [6.07, 6.45) is 9.83. The van der Waals surface area contributed by atoms with Gasteiger partial charge >= 0.3 is 11.9 Å². The first-order valence-corrected chi connectivity index (χ1v) is 24.3. The maximum atomic E-state index is 14.1. The monoisotopic (exact) mass is 850 g/mol. The number of nitrogens with one attached hydrogen (secondary N) is 1. The number of hydrogen-bond acceptors (Lipinski definition) is 10. The lowest BCUT2D eigenvalue weighted by Crippen LogP contribution is -2.62. The number of amides is 1. The van der Waals surface area contributed by atoms with Crippen LogP contribution in [0.5, 0.6) is 0 Å². The third kappa shape index (κ3) is 7.42. The van der Waals surface area contributed by atoms with Crippen LogP contribution in [0.1, 0.15) is 157 Å². The van der Waals surface area contributed by atoms with E-state index in [0.717, 1.165) is 51.4 Å². The second kappa shape index (κ2) is 16.5. The molecule has 0 aromatic heterocycles. The summed E-state index contributed by atoms with van der Waals surface area (Å²) in [6, 6.07) is 0. The lowest BCUT2D eigenvalue weighted by atomic mass is 9.43. The number of rotatable bonds is 10. The van der Waals surface area contributed by atoms with Crippen molar-refractivity contribution >= 4 is 35.2 Å². The van der Waals surface area contributed by atoms with Gasteiger partial charge in [-0.15, -0.1) is 0 Å². The van der Waals surface area contributed by atoms with Crippen molar-refractivity contribution in [1.82, 2.24) is 5.32 Å². The quantitative estimate of drug-likeness (QED) is 0.139. The summed E-state index contributed by atoms with van der Waals surface area (Å²) in [5.74, 6) is -0.123. The predicted octanol–water partition coefficient (Wildman–Crippen LogP) is 6.55. The number of fused-ring (bicyclic) bond motifs is 10. The van der Waals surface area contributed by atoms with E-state index in [0.29, 0.717) is 51.4 Å². The van der Waals surface area contributed by atoms with E-state index in [2.05, 4.69) is 39.9 Å². The number of carbonyl (C=O) groups excluding carboxylic acids is 6. The molecule has 0 aromatic carbocycles. The fourth-order valence-corrected chi connectivity index (χ4v) is 17.1. The second-order valence-corrected chi connectivity index (χ2v) is 23.1. The van der Waals surface area contributed by atoms with E-state index in [1.807, 2.05) is 6.92 Å². The van der Waals surface area contributed by atoms with Crippen molar-refractivity contribution in [2.45, 2.75) is 175 Å². The van der Waals surface area contributed by atoms with Gasteiger partial charge in [-0.2, -0.15) is 0 Å². The van der Waals surface area contributed by atoms with Crippen molar-refractivity contribution in [1.29, 1.82) is 0 Å². The lowest BCUT2D eigenvalue weighted by Gasteiger charge is -2.63. The van der Waals surface area contributed by atoms with Gasteiger partial charge < -0.3 is 25.4 Å². The Morgan fingerprint density at radius 2 is 1.39 bits per heavy atom. The summed E-state index contributed by atoms with van der Waals surface area (Å²) < 4.78 is 5.12. The molecule has 8 saturated carbocycles. The van der Waals surface area contributed by atoms with Crippen LogP contribution in [0.15, 0.2) is 0 Å². The van der Waals surface area contributed by atoms with Crippen LogP contribution in [0.3, 0.4) is 0 Å². The van der Waals surface area contributed by atoms with Gasteiger partial charge in [-0.1, -0.05) is 41.5 Å². The summed E-state index contributed by atoms with van der Waals surface area (Å²) in [7, 11) is 0. The zero-order valence-corrected chi connectivity index (χ0v) is 37.8. The minimum atomic E-state index is -0.812. The van der Waals surface area contributed by atoms with E-state index in [-0.39, 0.29) is 129 Å². The molecule has 340 valence electrons. The number of esters is 2. The van der Waals surface area contributed by atoms with Gasteiger partial charge in [0.05, 0.1) is 18.3 Å². The van der Waals surface area contributed by atoms with Crippen LogP contribution in [0.4, 0.5) is 0 Å². The number of aliphatic hydroxyl groups is 3. The van der Waals surface area contributed by atoms with Gasteiger partial charge in [0.25, 0.3) is 0 Å². The number of Topliss-reactive ketones (excluding diaryl/α,β-unsaturated/α-hetero) is 3. The molecule has 11 heteroatoms. The molecule has 0 aliphatic heterocycles. The Morgan fingerprint density at radius 1 is 0.721 bits per heavy atom. The Morgan fingerprint density at radius 3 is 2.15 bits per heavy atom. The van der Waals surface area contributed by atoms with Crippen LogP contribution in [-0.4, -0.2) is 75.4 Å². The van der Waals surface area contributed by atoms with Gasteiger partial charge in [-0.05, 0) is 158 Å². The first-order valence-electron chi connectivity index (χ1n) is 24.3. The molecule has 0 heterocycles. The zero-order chi connectivity index (χ0) is 44.0. The Hall–Kier alpha value is -2.50. The smallest absolute Gasteiger partial charge is 0.333 e. The number of carbonyl (C=O) groups is 6. The number of aliphatic hydroxyl groups excluding tert-OH is 3. The van der Waals surface area contributed by atoms with E-state index in [9.17, 15) is 44.1 Å². The molecule has 8 rings (SSSR count). The van der Waals surface area contributed by atoms with Crippen molar-refractivity contribution < 1.29 is 48.8 Å². The van der Waals surface area contributed by atoms with Crippen LogP contribution in [0.2, 0.25) is 0 Å². The first-order chi connectivity index (χ1) is 28.7. The molecular formula is C50H75NO10. The van der Waals surface area contributed by atoms with Crippen molar-refractivity contribution in [3.05, 3.63) is 0 Å². The van der Waals surface area contributed by atoms with Crippen molar-refractivity contribution in [2.24, 2.45) is 92.7 Å². The average Bonchev–Trinajstić information content (AvgIpc) is 3.76. The molecule has 11 nitrogen and oxygen atoms in total. The minimum Gasteiger partial charge on any atom is -0.393 e. The molecule has 0 spiro atoms. The molecule has 8 aliphatic carbocycles. The summed E-state index contributed by atoms with van der Waals surface area (Å²) in [5, 5.41) is 36.5. The molecule has 8 fully saturated rings. The molecule has 8 aliphatic rings. The Kier molecular flexibility index (Phi) is 12.2. The van der Waals surface area contributed by atoms with Gasteiger partial charge in [-0.3, -0.25) is 24.0 Å². The maximum absolute atomic E-state index is 14.1. The lowest BCUT2D eigenvalue weighted by molar-refractivity contribution is -0.207. The number of ketones is 3. The Labute approximate surface area is 363 Å². The summed E-state index contributed by atoms with van der Waals surface area (Å²) in [5.41, 5.74) is -1.17. The molecule has 6 unspecified atom stereocenters. The minimum absolute atomic E-state index is 0.00186. The van der Waals surface area contributed by atoms with Gasteiger partial charge in [0.15, 0.2) is 0 Å². The normalized spacial score (nSPS) is 47.4. The molecule has 4 N–H and O–H groups in total. The van der Waals surface area contributed by atoms with Gasteiger partial charge in [0, 0.05) is 49.9 Å². The van der Waals surface area contributed by atoms with E-state index >= 15 is 0 Å². The van der Waals surface area contributed by atoms with E-state index in [4.69, 9.17) is 4.74 Å². The standard InChI is InChI=1S/C50H75NO10/c1-26(32-9-11-34-45-36(23-40(56)49(32,34)5)47(3)17-15-30(52)19-28(47)21-38(45)54)7-13-42(58)51-25-44(60)61-43(59)14-8-27(2)33-10-12-35-46-37(24-41(57)50(33,35)6)48(4)18-16-31(53)20-29(48)22-39(46)55/h26-30,32-38,40,45-46,52,54,56H,7-25H2,1-6H3,(H,51,58)/t26-,27-,28?,29?,30-,32-,33-,34?,35+,36?,37+,38?,40+,45?,46+,47+,48+,49-,50-/m1/s1. The summed E-state index contributed by atoms with van der Waals surface area (Å²) in [6.45, 7) is 12.6. The third-order valence-electron chi connectivity index (χ3n) is 20.7. The molecule has 0 aromatic rings. The SMILES string of the molecule is C[C@H](CCC(=O)OC(=O)CNC(=O)CC[C@@H](C)[C@H]1CCC2C3C(O)CC4C[C@H](O)CC[C@]4(C)C3C[C@H](O)[C@@]21C)[C@H]1CC[C@H]2[C@@H]3C(=O)CC4CC(=O)CC[C@]4(C)[C@H]3CC(=O)[C@]12C. The highest BCUT2D eigenvalue weighted by Gasteiger charge is 2.67. The highest BCUT2D eigenvalue weighted by Crippen LogP contribution is 2.69. The predicted molar refractivity (Wildman–Crippen MR) is 226 cm³/mol. The van der Waals surface area contributed by atoms with E-state index < -0.39 is 36.1 Å². The van der Waals surface area contributed by atoms with Crippen LogP contribution in [0, 0.1) is 92.7 Å². The highest BCUT2D eigenvalue weighted by atomic mass is 16.6. The van der Waals surface area contributed by atoms with E-state index in [1.54, 1.807) is 0 Å². The molecule has 61 heavy (non-hydrogen) atoms. The fraction of sp³-hybridized carbons (Fsp3) is 0.880. The Bertz CT molecular complexity index is 1780. The van der Waals surface area contributed by atoms with Crippen molar-refractivity contribution in [3.63, 3.8) is 0 Å². The van der Waals surface area contributed by atoms with Crippen LogP contribution >= 0.6 is 0 Å². The van der Waals surface area contributed by atoms with Gasteiger partial charge in [0.2, 0.25) is 5.91 Å². The first kappa shape index (κ1) is 45.1. The van der Waals surface area contributed by atoms with E-state index in [1.165, 1.54) is 0 Å². The van der Waals surface area contributed by atoms with Crippen molar-refractivity contribution in [3.8, 4) is 0 Å². The topological polar surface area (TPSA) is 184 Å². The molecular weight excluding hydrogens is 775 g/mol. The fourth-order valence-electron chi connectivity index (χ4n) is 17.1. The maximum Gasteiger partial charge on any atom is 0.333 e. The Balaban J connectivity index is 0.783. The largest absolute Gasteiger partial charge is 0.393 e.